The average molecular weight is 435 g/mol. The van der Waals surface area contributed by atoms with Crippen LogP contribution in [-0.4, -0.2) is 33.1 Å². The van der Waals surface area contributed by atoms with Crippen LogP contribution in [0.4, 0.5) is 10.7 Å². The third-order valence-corrected chi connectivity index (χ3v) is 5.43. The van der Waals surface area contributed by atoms with Gasteiger partial charge in [0, 0.05) is 17.1 Å². The number of rotatable bonds is 7. The molecule has 1 aromatic heterocycles. The number of fused-ring (bicyclic) bond motifs is 1. The van der Waals surface area contributed by atoms with Gasteiger partial charge in [0.1, 0.15) is 27.9 Å². The van der Waals surface area contributed by atoms with Gasteiger partial charge in [0.2, 0.25) is 5.88 Å². The van der Waals surface area contributed by atoms with Crippen molar-refractivity contribution in [1.82, 2.24) is 9.69 Å². The molecule has 0 bridgehead atoms. The third-order valence-electron chi connectivity index (χ3n) is 4.68. The summed E-state index contributed by atoms with van der Waals surface area (Å²) < 4.78 is 10.0. The normalized spacial score (nSPS) is 11.8. The zero-order chi connectivity index (χ0) is 21.8. The van der Waals surface area contributed by atoms with E-state index in [0.29, 0.717) is 10.8 Å². The molecule has 0 amide bonds. The van der Waals surface area contributed by atoms with E-state index in [1.807, 2.05) is 66.7 Å². The summed E-state index contributed by atoms with van der Waals surface area (Å²) in [5.41, 5.74) is 1.03. The molecule has 1 unspecified atom stereocenters. The largest absolute Gasteiger partial charge is 0.492 e. The van der Waals surface area contributed by atoms with Crippen molar-refractivity contribution in [3.63, 3.8) is 0 Å². The Morgan fingerprint density at radius 3 is 2.61 bits per heavy atom. The molecule has 0 aliphatic rings. The van der Waals surface area contributed by atoms with Gasteiger partial charge in [-0.2, -0.15) is 4.37 Å². The van der Waals surface area contributed by atoms with E-state index in [-0.39, 0.29) is 29.9 Å². The Morgan fingerprint density at radius 1 is 1.10 bits per heavy atom. The first-order valence-corrected chi connectivity index (χ1v) is 10.5. The van der Waals surface area contributed by atoms with Crippen LogP contribution in [0.3, 0.4) is 0 Å². The van der Waals surface area contributed by atoms with Crippen molar-refractivity contribution >= 4 is 38.8 Å². The standard InChI is InChI=1S/C23H22N4O3S/c1-14(13-28)25-21(24)20-22(29)27-31-23(20)26-16-9-11-17(12-10-16)30-19-8-4-6-15-5-2-3-7-18(15)19/h2-12,14,26,28H,13H2,1H3,(H2,24,25)(H,27,29). The van der Waals surface area contributed by atoms with E-state index in [1.54, 1.807) is 6.92 Å². The molecule has 0 spiro atoms. The second kappa shape index (κ2) is 9.03. The highest BCUT2D eigenvalue weighted by Gasteiger charge is 2.19. The van der Waals surface area contributed by atoms with Gasteiger partial charge in [-0.05, 0) is 54.2 Å². The topological polar surface area (TPSA) is 110 Å². The second-order valence-electron chi connectivity index (χ2n) is 7.04. The van der Waals surface area contributed by atoms with Gasteiger partial charge < -0.3 is 25.6 Å². The Bertz CT molecular complexity index is 1200. The quantitative estimate of drug-likeness (QED) is 0.210. The van der Waals surface area contributed by atoms with Crippen molar-refractivity contribution in [3.8, 4) is 17.4 Å². The summed E-state index contributed by atoms with van der Waals surface area (Å²) in [5.74, 6) is 1.24. The molecule has 0 aliphatic heterocycles. The molecule has 7 nitrogen and oxygen atoms in total. The van der Waals surface area contributed by atoms with E-state index in [1.165, 1.54) is 0 Å². The maximum Gasteiger partial charge on any atom is 0.236 e. The molecule has 1 heterocycles. The maximum atomic E-state index is 10.1. The van der Waals surface area contributed by atoms with Crippen LogP contribution in [-0.2, 0) is 0 Å². The summed E-state index contributed by atoms with van der Waals surface area (Å²) in [6.07, 6.45) is 0. The van der Waals surface area contributed by atoms with Crippen molar-refractivity contribution in [2.24, 2.45) is 0 Å². The number of aliphatic hydroxyl groups is 1. The summed E-state index contributed by atoms with van der Waals surface area (Å²) in [6, 6.07) is 21.1. The Hall–Kier alpha value is -3.62. The number of ether oxygens (including phenoxy) is 1. The van der Waals surface area contributed by atoms with E-state index in [4.69, 9.17) is 10.1 Å². The van der Waals surface area contributed by atoms with E-state index in [0.717, 1.165) is 33.7 Å². The number of aromatic hydroxyl groups is 1. The number of nitrogens with zero attached hydrogens (tertiary/aromatic N) is 1. The van der Waals surface area contributed by atoms with E-state index in [2.05, 4.69) is 15.0 Å². The minimum Gasteiger partial charge on any atom is -0.492 e. The van der Waals surface area contributed by atoms with Crippen molar-refractivity contribution in [1.29, 1.82) is 5.41 Å². The average Bonchev–Trinajstić information content (AvgIpc) is 3.15. The first kappa shape index (κ1) is 20.6. The predicted molar refractivity (Wildman–Crippen MR) is 124 cm³/mol. The second-order valence-corrected chi connectivity index (χ2v) is 7.82. The van der Waals surface area contributed by atoms with E-state index in [9.17, 15) is 10.2 Å². The number of hydrogen-bond donors (Lipinski definition) is 5. The molecule has 0 radical (unpaired) electrons. The van der Waals surface area contributed by atoms with Gasteiger partial charge >= 0.3 is 0 Å². The predicted octanol–water partition coefficient (Wildman–Crippen LogP) is 4.83. The van der Waals surface area contributed by atoms with Gasteiger partial charge in [-0.1, -0.05) is 36.4 Å². The number of benzene rings is 3. The van der Waals surface area contributed by atoms with Gasteiger partial charge in [-0.3, -0.25) is 5.41 Å². The van der Waals surface area contributed by atoms with Crippen LogP contribution in [0.5, 0.6) is 17.4 Å². The van der Waals surface area contributed by atoms with Crippen LogP contribution in [0.15, 0.2) is 66.7 Å². The molecular formula is C23H22N4O3S. The molecule has 0 saturated carbocycles. The summed E-state index contributed by atoms with van der Waals surface area (Å²) in [4.78, 5) is 0. The zero-order valence-corrected chi connectivity index (χ0v) is 17.6. The number of aliphatic hydroxyl groups excluding tert-OH is 1. The number of nitrogens with one attached hydrogen (secondary N) is 3. The molecule has 4 rings (SSSR count). The highest BCUT2D eigenvalue weighted by atomic mass is 32.1. The lowest BCUT2D eigenvalue weighted by atomic mass is 10.1. The van der Waals surface area contributed by atoms with Crippen molar-refractivity contribution in [3.05, 3.63) is 72.3 Å². The molecule has 0 aliphatic carbocycles. The SMILES string of the molecule is CC(CO)NC(=N)c1c(O)nsc1Nc1ccc(Oc2cccc3ccccc23)cc1. The third kappa shape index (κ3) is 4.60. The lowest BCUT2D eigenvalue weighted by Gasteiger charge is -2.14. The van der Waals surface area contributed by atoms with Crippen LogP contribution in [0, 0.1) is 5.41 Å². The van der Waals surface area contributed by atoms with Gasteiger partial charge in [-0.15, -0.1) is 0 Å². The van der Waals surface area contributed by atoms with Gasteiger partial charge in [-0.25, -0.2) is 0 Å². The summed E-state index contributed by atoms with van der Waals surface area (Å²) >= 11 is 1.06. The Morgan fingerprint density at radius 2 is 1.84 bits per heavy atom. The molecule has 8 heteroatoms. The number of anilines is 2. The Kier molecular flexibility index (Phi) is 6.01. The van der Waals surface area contributed by atoms with Crippen molar-refractivity contribution in [2.75, 3.05) is 11.9 Å². The van der Waals surface area contributed by atoms with Gasteiger partial charge in [0.25, 0.3) is 0 Å². The number of amidine groups is 1. The molecule has 4 aromatic rings. The maximum absolute atomic E-state index is 10.1. The lowest BCUT2D eigenvalue weighted by Crippen LogP contribution is -2.35. The summed E-state index contributed by atoms with van der Waals surface area (Å²) in [6.45, 7) is 1.62. The van der Waals surface area contributed by atoms with Gasteiger partial charge in [0.05, 0.1) is 6.61 Å². The summed E-state index contributed by atoms with van der Waals surface area (Å²) in [7, 11) is 0. The molecular weight excluding hydrogens is 412 g/mol. The smallest absolute Gasteiger partial charge is 0.236 e. The van der Waals surface area contributed by atoms with Crippen LogP contribution in [0.1, 0.15) is 12.5 Å². The highest BCUT2D eigenvalue weighted by Crippen LogP contribution is 2.34. The number of aromatic nitrogens is 1. The highest BCUT2D eigenvalue weighted by molar-refractivity contribution is 7.11. The van der Waals surface area contributed by atoms with Crippen LogP contribution in [0.25, 0.3) is 10.8 Å². The van der Waals surface area contributed by atoms with Crippen molar-refractivity contribution in [2.45, 2.75) is 13.0 Å². The minimum atomic E-state index is -0.315. The molecule has 5 N–H and O–H groups in total. The fraction of sp³-hybridized carbons (Fsp3) is 0.130. The number of hydrogen-bond acceptors (Lipinski definition) is 7. The monoisotopic (exact) mass is 434 g/mol. The molecule has 3 aromatic carbocycles. The molecule has 158 valence electrons. The first-order valence-electron chi connectivity index (χ1n) is 9.73. The minimum absolute atomic E-state index is 0.00814. The van der Waals surface area contributed by atoms with Crippen LogP contribution < -0.4 is 15.4 Å². The van der Waals surface area contributed by atoms with Gasteiger partial charge in [0.15, 0.2) is 0 Å². The molecule has 31 heavy (non-hydrogen) atoms. The molecule has 0 fully saturated rings. The van der Waals surface area contributed by atoms with E-state index >= 15 is 0 Å². The summed E-state index contributed by atoms with van der Waals surface area (Å²) in [5, 5.41) is 36.1. The Labute approximate surface area is 183 Å². The molecule has 0 saturated heterocycles. The van der Waals surface area contributed by atoms with Crippen molar-refractivity contribution < 1.29 is 14.9 Å². The lowest BCUT2D eigenvalue weighted by molar-refractivity contribution is 0.264. The fourth-order valence-electron chi connectivity index (χ4n) is 3.11. The molecule has 1 atom stereocenters. The Balaban J connectivity index is 1.50. The first-order chi connectivity index (χ1) is 15.0. The van der Waals surface area contributed by atoms with E-state index < -0.39 is 0 Å². The fourth-order valence-corrected chi connectivity index (χ4v) is 3.82. The zero-order valence-electron chi connectivity index (χ0n) is 16.8. The van der Waals surface area contributed by atoms with Crippen LogP contribution >= 0.6 is 11.5 Å². The van der Waals surface area contributed by atoms with Crippen LogP contribution in [0.2, 0.25) is 0 Å².